The minimum absolute atomic E-state index is 0. The Labute approximate surface area is 121 Å². The Hall–Kier alpha value is -2.09. The van der Waals surface area contributed by atoms with E-state index in [0.717, 1.165) is 11.6 Å². The van der Waals surface area contributed by atoms with Gasteiger partial charge in [0.15, 0.2) is 0 Å². The van der Waals surface area contributed by atoms with Gasteiger partial charge in [-0.15, -0.1) is 0 Å². The topological polar surface area (TPSA) is 83.5 Å². The average molecular weight is 252 g/mol. The Morgan fingerprint density at radius 3 is 2.11 bits per heavy atom. The van der Waals surface area contributed by atoms with Crippen molar-refractivity contribution in [1.29, 1.82) is 0 Å². The maximum Gasteiger partial charge on any atom is 1.00 e. The van der Waals surface area contributed by atoms with Crippen molar-refractivity contribution in [2.75, 3.05) is 0 Å². The van der Waals surface area contributed by atoms with E-state index in [-0.39, 0.29) is 18.9 Å². The Morgan fingerprint density at radius 2 is 1.53 bits per heavy atom. The Morgan fingerprint density at radius 1 is 0.947 bits per heavy atom. The molecule has 92 valence electrons. The predicted octanol–water partition coefficient (Wildman–Crippen LogP) is -2.92. The molecule has 0 saturated heterocycles. The van der Waals surface area contributed by atoms with Crippen LogP contribution in [0.4, 0.5) is 0 Å². The van der Waals surface area contributed by atoms with Crippen LogP contribution in [0.2, 0.25) is 0 Å². The van der Waals surface area contributed by atoms with Crippen LogP contribution in [0.3, 0.4) is 0 Å². The van der Waals surface area contributed by atoms with Crippen LogP contribution in [-0.2, 0) is 19.1 Å². The summed E-state index contributed by atoms with van der Waals surface area (Å²) in [6, 6.07) is 8.94. The van der Waals surface area contributed by atoms with E-state index in [9.17, 15) is 19.5 Å². The second-order valence-corrected chi connectivity index (χ2v) is 3.14. The van der Waals surface area contributed by atoms with Gasteiger partial charge in [0.1, 0.15) is 0 Å². The molecule has 1 aromatic carbocycles. The first kappa shape index (κ1) is 16.9. The normalized spacial score (nSPS) is 10.1. The van der Waals surface area contributed by atoms with E-state index in [4.69, 9.17) is 0 Å². The number of aliphatic carboxylic acids is 1. The summed E-state index contributed by atoms with van der Waals surface area (Å²) in [5, 5.41) is 10.00. The number of benzene rings is 1. The summed E-state index contributed by atoms with van der Waals surface area (Å²) in [5.74, 6) is -3.49. The number of carbonyl (C=O) groups is 3. The molecule has 5 nitrogen and oxygen atoms in total. The minimum atomic E-state index is -1.54. The summed E-state index contributed by atoms with van der Waals surface area (Å²) < 4.78 is 4.28. The van der Waals surface area contributed by atoms with Crippen LogP contribution < -0.4 is 24.0 Å². The minimum Gasteiger partial charge on any atom is -0.545 e. The summed E-state index contributed by atoms with van der Waals surface area (Å²) in [5.41, 5.74) is 0.771. The van der Waals surface area contributed by atoms with E-state index in [1.807, 2.05) is 6.07 Å². The zero-order valence-electron chi connectivity index (χ0n) is 10.2. The van der Waals surface area contributed by atoms with Gasteiger partial charge in [-0.25, -0.2) is 9.59 Å². The van der Waals surface area contributed by atoms with Crippen LogP contribution in [0.25, 0.3) is 6.08 Å². The maximum atomic E-state index is 11.1. The first-order valence-corrected chi connectivity index (χ1v) is 4.96. The number of hydrogen-bond donors (Lipinski definition) is 0. The van der Waals surface area contributed by atoms with Gasteiger partial charge in [0.25, 0.3) is 0 Å². The number of rotatable bonds is 4. The van der Waals surface area contributed by atoms with Gasteiger partial charge in [0.05, 0.1) is 5.97 Å². The molecule has 0 saturated carbocycles. The number of carboxylic acid groups (broad SMARTS) is 1. The molecule has 0 aliphatic heterocycles. The molecular formula is C13H9LiO5. The van der Waals surface area contributed by atoms with Crippen LogP contribution in [0.5, 0.6) is 0 Å². The summed E-state index contributed by atoms with van der Waals surface area (Å²) >= 11 is 0. The van der Waals surface area contributed by atoms with Crippen molar-refractivity contribution in [2.45, 2.75) is 0 Å². The van der Waals surface area contributed by atoms with E-state index in [1.54, 1.807) is 24.3 Å². The van der Waals surface area contributed by atoms with E-state index in [1.165, 1.54) is 6.08 Å². The molecule has 0 aromatic heterocycles. The fraction of sp³-hybridized carbons (Fsp3) is 0. The molecule has 0 aliphatic carbocycles. The van der Waals surface area contributed by atoms with Crippen LogP contribution in [-0.4, -0.2) is 17.9 Å². The van der Waals surface area contributed by atoms with Crippen molar-refractivity contribution in [3.05, 3.63) is 54.1 Å². The number of carboxylic acids is 1. The number of esters is 2. The maximum absolute atomic E-state index is 11.1. The molecule has 0 radical (unpaired) electrons. The van der Waals surface area contributed by atoms with Gasteiger partial charge < -0.3 is 14.6 Å². The van der Waals surface area contributed by atoms with Crippen molar-refractivity contribution in [3.8, 4) is 0 Å². The average Bonchev–Trinajstić information content (AvgIpc) is 2.35. The third kappa shape index (κ3) is 7.76. The zero-order valence-corrected chi connectivity index (χ0v) is 10.2. The second kappa shape index (κ2) is 8.92. The van der Waals surface area contributed by atoms with Crippen molar-refractivity contribution < 1.29 is 43.1 Å². The standard InChI is InChI=1S/C13H10O5.Li/c14-11(15)7-9-13(17)18-12(16)8-6-10-4-2-1-3-5-10;/h1-9H,(H,14,15);/q;+1/p-1/b8-6+,9-7-;. The fourth-order valence-electron chi connectivity index (χ4n) is 1.03. The van der Waals surface area contributed by atoms with E-state index >= 15 is 0 Å². The summed E-state index contributed by atoms with van der Waals surface area (Å²) in [6.07, 6.45) is 3.62. The molecule has 0 amide bonds. The molecular weight excluding hydrogens is 243 g/mol. The number of ether oxygens (including phenoxy) is 1. The first-order valence-electron chi connectivity index (χ1n) is 4.96. The SMILES string of the molecule is O=C([O-])/C=C\C(=O)OC(=O)/C=C/c1ccccc1.[Li+]. The van der Waals surface area contributed by atoms with Crippen molar-refractivity contribution in [2.24, 2.45) is 0 Å². The van der Waals surface area contributed by atoms with Gasteiger partial charge >= 0.3 is 30.8 Å². The van der Waals surface area contributed by atoms with Gasteiger partial charge in [-0.2, -0.15) is 0 Å². The van der Waals surface area contributed by atoms with Crippen LogP contribution in [0, 0.1) is 0 Å². The molecule has 19 heavy (non-hydrogen) atoms. The third-order valence-corrected chi connectivity index (χ3v) is 1.77. The van der Waals surface area contributed by atoms with E-state index < -0.39 is 17.9 Å². The molecule has 6 heteroatoms. The Balaban J connectivity index is 0.00000324. The molecule has 0 fully saturated rings. The molecule has 0 unspecified atom stereocenters. The number of carbonyl (C=O) groups excluding carboxylic acids is 3. The summed E-state index contributed by atoms with van der Waals surface area (Å²) in [7, 11) is 0. The van der Waals surface area contributed by atoms with Gasteiger partial charge in [-0.3, -0.25) is 0 Å². The molecule has 0 heterocycles. The Kier molecular flexibility index (Phi) is 7.94. The third-order valence-electron chi connectivity index (χ3n) is 1.77. The van der Waals surface area contributed by atoms with Crippen LogP contribution in [0.15, 0.2) is 48.6 Å². The van der Waals surface area contributed by atoms with Crippen molar-refractivity contribution in [3.63, 3.8) is 0 Å². The molecule has 0 aliphatic rings. The smallest absolute Gasteiger partial charge is 0.545 e. The molecule has 1 rings (SSSR count). The predicted molar refractivity (Wildman–Crippen MR) is 60.7 cm³/mol. The zero-order chi connectivity index (χ0) is 13.4. The largest absolute Gasteiger partial charge is 1.00 e. The second-order valence-electron chi connectivity index (χ2n) is 3.14. The molecule has 0 spiro atoms. The van der Waals surface area contributed by atoms with Crippen molar-refractivity contribution >= 4 is 24.0 Å². The van der Waals surface area contributed by atoms with Gasteiger partial charge in [0.2, 0.25) is 0 Å². The van der Waals surface area contributed by atoms with Crippen molar-refractivity contribution in [1.82, 2.24) is 0 Å². The molecule has 0 atom stereocenters. The van der Waals surface area contributed by atoms with E-state index in [0.29, 0.717) is 12.2 Å². The number of hydrogen-bond acceptors (Lipinski definition) is 5. The van der Waals surface area contributed by atoms with E-state index in [2.05, 4.69) is 4.74 Å². The summed E-state index contributed by atoms with van der Waals surface area (Å²) in [6.45, 7) is 0. The van der Waals surface area contributed by atoms with Gasteiger partial charge in [-0.1, -0.05) is 30.3 Å². The Bertz CT molecular complexity index is 505. The summed E-state index contributed by atoms with van der Waals surface area (Å²) in [4.78, 5) is 32.1. The van der Waals surface area contributed by atoms with Crippen LogP contribution >= 0.6 is 0 Å². The van der Waals surface area contributed by atoms with Crippen LogP contribution in [0.1, 0.15) is 5.56 Å². The van der Waals surface area contributed by atoms with Gasteiger partial charge in [0, 0.05) is 12.2 Å². The quantitative estimate of drug-likeness (QED) is 0.248. The molecule has 0 N–H and O–H groups in total. The molecule has 1 aromatic rings. The van der Waals surface area contributed by atoms with Gasteiger partial charge in [-0.05, 0) is 17.7 Å². The first-order chi connectivity index (χ1) is 8.58. The monoisotopic (exact) mass is 252 g/mol. The molecule has 0 bridgehead atoms. The fourth-order valence-corrected chi connectivity index (χ4v) is 1.03.